The molecule has 1 N–H and O–H groups in total. The molecule has 0 saturated heterocycles. The number of rotatable bonds is 3. The molecule has 0 aliphatic rings. The van der Waals surface area contributed by atoms with Crippen LogP contribution in [0.15, 0.2) is 30.3 Å². The predicted octanol–water partition coefficient (Wildman–Crippen LogP) is 4.24. The van der Waals surface area contributed by atoms with Gasteiger partial charge in [0.1, 0.15) is 17.5 Å². The van der Waals surface area contributed by atoms with E-state index in [1.165, 1.54) is 6.07 Å². The fourth-order valence-corrected chi connectivity index (χ4v) is 1.90. The van der Waals surface area contributed by atoms with E-state index < -0.39 is 17.5 Å². The van der Waals surface area contributed by atoms with Gasteiger partial charge in [-0.2, -0.15) is 5.26 Å². The lowest BCUT2D eigenvalue weighted by Crippen LogP contribution is -2.05. The van der Waals surface area contributed by atoms with E-state index in [1.54, 1.807) is 6.07 Å². The van der Waals surface area contributed by atoms with E-state index in [1.807, 2.05) is 0 Å². The van der Waals surface area contributed by atoms with E-state index in [-0.39, 0.29) is 22.7 Å². The molecule has 0 bridgehead atoms. The summed E-state index contributed by atoms with van der Waals surface area (Å²) in [7, 11) is 0. The number of anilines is 1. The number of nitriles is 1. The molecular weight excluding hydrogens is 289 g/mol. The molecule has 0 spiro atoms. The Balaban J connectivity index is 2.21. The maximum atomic E-state index is 13.6. The minimum absolute atomic E-state index is 0.0995. The van der Waals surface area contributed by atoms with Crippen molar-refractivity contribution in [1.82, 2.24) is 0 Å². The van der Waals surface area contributed by atoms with Gasteiger partial charge in [0.15, 0.2) is 0 Å². The molecule has 2 rings (SSSR count). The van der Waals surface area contributed by atoms with Crippen LogP contribution in [0.25, 0.3) is 0 Å². The molecule has 0 aliphatic heterocycles. The molecule has 2 aromatic rings. The Morgan fingerprint density at radius 1 is 1.05 bits per heavy atom. The summed E-state index contributed by atoms with van der Waals surface area (Å²) in [6, 6.07) is 7.26. The second kappa shape index (κ2) is 5.85. The summed E-state index contributed by atoms with van der Waals surface area (Å²) in [4.78, 5) is 0. The zero-order valence-electron chi connectivity index (χ0n) is 10.1. The minimum atomic E-state index is -0.837. The lowest BCUT2D eigenvalue weighted by Gasteiger charge is -2.09. The molecule has 0 aliphatic carbocycles. The standard InChI is InChI=1S/C14H8ClF3N2/c15-9-3-10(16)5-11(4-9)20-7-12-13(17)1-8(6-19)2-14(12)18/h1-5,20H,7H2. The van der Waals surface area contributed by atoms with Gasteiger partial charge in [0.25, 0.3) is 0 Å². The summed E-state index contributed by atoms with van der Waals surface area (Å²) in [5, 5.41) is 11.4. The van der Waals surface area contributed by atoms with Gasteiger partial charge in [0.05, 0.1) is 11.6 Å². The second-order valence-electron chi connectivity index (χ2n) is 4.04. The molecule has 102 valence electrons. The van der Waals surface area contributed by atoms with Crippen molar-refractivity contribution in [2.45, 2.75) is 6.54 Å². The Morgan fingerprint density at radius 2 is 1.70 bits per heavy atom. The van der Waals surface area contributed by atoms with Gasteiger partial charge >= 0.3 is 0 Å². The third-order valence-corrected chi connectivity index (χ3v) is 2.82. The summed E-state index contributed by atoms with van der Waals surface area (Å²) in [5.74, 6) is -2.23. The SMILES string of the molecule is N#Cc1cc(F)c(CNc2cc(F)cc(Cl)c2)c(F)c1. The zero-order chi connectivity index (χ0) is 14.7. The van der Waals surface area contributed by atoms with E-state index in [0.29, 0.717) is 5.69 Å². The van der Waals surface area contributed by atoms with Crippen LogP contribution in [0.2, 0.25) is 5.02 Å². The van der Waals surface area contributed by atoms with Crippen molar-refractivity contribution < 1.29 is 13.2 Å². The maximum Gasteiger partial charge on any atom is 0.132 e. The van der Waals surface area contributed by atoms with Crippen LogP contribution in [0.4, 0.5) is 18.9 Å². The van der Waals surface area contributed by atoms with Crippen molar-refractivity contribution in [1.29, 1.82) is 5.26 Å². The average molecular weight is 297 g/mol. The van der Waals surface area contributed by atoms with E-state index in [4.69, 9.17) is 16.9 Å². The van der Waals surface area contributed by atoms with Gasteiger partial charge in [-0.25, -0.2) is 13.2 Å². The van der Waals surface area contributed by atoms with Crippen LogP contribution in [-0.2, 0) is 6.54 Å². The smallest absolute Gasteiger partial charge is 0.132 e. The predicted molar refractivity (Wildman–Crippen MR) is 69.8 cm³/mol. The normalized spacial score (nSPS) is 10.2. The molecule has 0 radical (unpaired) electrons. The van der Waals surface area contributed by atoms with Crippen LogP contribution >= 0.6 is 11.6 Å². The Hall–Kier alpha value is -2.19. The van der Waals surface area contributed by atoms with Crippen LogP contribution in [-0.4, -0.2) is 0 Å². The fourth-order valence-electron chi connectivity index (χ4n) is 1.68. The average Bonchev–Trinajstić information content (AvgIpc) is 2.36. The molecule has 0 amide bonds. The molecule has 6 heteroatoms. The van der Waals surface area contributed by atoms with Crippen molar-refractivity contribution in [3.63, 3.8) is 0 Å². The summed E-state index contributed by atoms with van der Waals surface area (Å²) in [6.45, 7) is -0.191. The molecule has 2 aromatic carbocycles. The van der Waals surface area contributed by atoms with Crippen LogP contribution in [0, 0.1) is 28.8 Å². The lowest BCUT2D eigenvalue weighted by atomic mass is 10.1. The van der Waals surface area contributed by atoms with E-state index in [9.17, 15) is 13.2 Å². The third kappa shape index (κ3) is 3.22. The van der Waals surface area contributed by atoms with Crippen LogP contribution in [0.5, 0.6) is 0 Å². The number of halogens is 4. The Morgan fingerprint density at radius 3 is 2.25 bits per heavy atom. The third-order valence-electron chi connectivity index (χ3n) is 2.60. The van der Waals surface area contributed by atoms with Gasteiger partial charge in [-0.05, 0) is 30.3 Å². The molecule has 20 heavy (non-hydrogen) atoms. The molecule has 0 atom stereocenters. The quantitative estimate of drug-likeness (QED) is 0.919. The lowest BCUT2D eigenvalue weighted by molar-refractivity contribution is 0.559. The number of nitrogens with zero attached hydrogens (tertiary/aromatic N) is 1. The van der Waals surface area contributed by atoms with Crippen molar-refractivity contribution in [3.8, 4) is 6.07 Å². The summed E-state index contributed by atoms with van der Waals surface area (Å²) >= 11 is 5.67. The first kappa shape index (κ1) is 14.2. The first-order valence-electron chi connectivity index (χ1n) is 5.57. The van der Waals surface area contributed by atoms with Gasteiger partial charge in [0, 0.05) is 22.8 Å². The number of hydrogen-bond donors (Lipinski definition) is 1. The van der Waals surface area contributed by atoms with Crippen LogP contribution < -0.4 is 5.32 Å². The summed E-state index contributed by atoms with van der Waals surface area (Å²) in [5.41, 5.74) is -0.0277. The molecule has 0 aromatic heterocycles. The Bertz CT molecular complexity index is 652. The molecule has 0 fully saturated rings. The molecule has 2 nitrogen and oxygen atoms in total. The molecule has 0 unspecified atom stereocenters. The van der Waals surface area contributed by atoms with Gasteiger partial charge < -0.3 is 5.32 Å². The van der Waals surface area contributed by atoms with Crippen LogP contribution in [0.3, 0.4) is 0 Å². The maximum absolute atomic E-state index is 13.6. The van der Waals surface area contributed by atoms with Gasteiger partial charge in [-0.15, -0.1) is 0 Å². The molecular formula is C14H8ClF3N2. The Labute approximate surface area is 118 Å². The molecule has 0 heterocycles. The first-order valence-corrected chi connectivity index (χ1v) is 5.95. The second-order valence-corrected chi connectivity index (χ2v) is 4.48. The highest BCUT2D eigenvalue weighted by Gasteiger charge is 2.11. The highest BCUT2D eigenvalue weighted by molar-refractivity contribution is 6.30. The molecule has 0 saturated carbocycles. The summed E-state index contributed by atoms with van der Waals surface area (Å²) < 4.78 is 40.4. The van der Waals surface area contributed by atoms with Crippen molar-refractivity contribution in [2.75, 3.05) is 5.32 Å². The highest BCUT2D eigenvalue weighted by Crippen LogP contribution is 2.21. The van der Waals surface area contributed by atoms with E-state index in [2.05, 4.69) is 5.32 Å². The summed E-state index contributed by atoms with van der Waals surface area (Å²) in [6.07, 6.45) is 0. The van der Waals surface area contributed by atoms with Crippen molar-refractivity contribution >= 4 is 17.3 Å². The monoisotopic (exact) mass is 296 g/mol. The zero-order valence-corrected chi connectivity index (χ0v) is 10.8. The van der Waals surface area contributed by atoms with Gasteiger partial charge in [-0.1, -0.05) is 11.6 Å². The Kier molecular flexibility index (Phi) is 4.16. The number of benzene rings is 2. The number of nitrogens with one attached hydrogen (secondary N) is 1. The van der Waals surface area contributed by atoms with Crippen molar-refractivity contribution in [3.05, 3.63) is 63.9 Å². The highest BCUT2D eigenvalue weighted by atomic mass is 35.5. The van der Waals surface area contributed by atoms with Crippen molar-refractivity contribution in [2.24, 2.45) is 0 Å². The van der Waals surface area contributed by atoms with E-state index >= 15 is 0 Å². The number of hydrogen-bond acceptors (Lipinski definition) is 2. The van der Waals surface area contributed by atoms with E-state index in [0.717, 1.165) is 24.3 Å². The van der Waals surface area contributed by atoms with Gasteiger partial charge in [0.2, 0.25) is 0 Å². The first-order chi connectivity index (χ1) is 9.49. The fraction of sp³-hybridized carbons (Fsp3) is 0.0714. The minimum Gasteiger partial charge on any atom is -0.381 e. The van der Waals surface area contributed by atoms with Gasteiger partial charge in [-0.3, -0.25) is 0 Å². The topological polar surface area (TPSA) is 35.8 Å². The van der Waals surface area contributed by atoms with Crippen LogP contribution in [0.1, 0.15) is 11.1 Å². The largest absolute Gasteiger partial charge is 0.381 e.